The van der Waals surface area contributed by atoms with Crippen LogP contribution in [0.15, 0.2) is 0 Å². The summed E-state index contributed by atoms with van der Waals surface area (Å²) in [5.74, 6) is 2.70. The first-order valence-corrected chi connectivity index (χ1v) is 7.92. The van der Waals surface area contributed by atoms with E-state index in [-0.39, 0.29) is 12.1 Å². The van der Waals surface area contributed by atoms with Crippen LogP contribution in [0, 0.1) is 19.3 Å². The van der Waals surface area contributed by atoms with Gasteiger partial charge in [-0.05, 0) is 31.8 Å². The maximum atomic E-state index is 12.5. The quantitative estimate of drug-likeness (QED) is 0.803. The SMILES string of the molecule is C#CCC(C)N1CN(C)C(=O)N(c2snc(CC)c2C)C1. The van der Waals surface area contributed by atoms with Crippen molar-refractivity contribution >= 4 is 22.6 Å². The number of amides is 2. The van der Waals surface area contributed by atoms with Crippen LogP contribution in [0.3, 0.4) is 0 Å². The second-order valence-electron chi connectivity index (χ2n) is 5.45. The van der Waals surface area contributed by atoms with Crippen molar-refractivity contribution in [2.45, 2.75) is 39.7 Å². The summed E-state index contributed by atoms with van der Waals surface area (Å²) in [6.07, 6.45) is 6.98. The van der Waals surface area contributed by atoms with Gasteiger partial charge in [0.2, 0.25) is 0 Å². The molecule has 114 valence electrons. The maximum Gasteiger partial charge on any atom is 0.327 e. The molecule has 0 bridgehead atoms. The molecular weight excluding hydrogens is 284 g/mol. The molecule has 6 heteroatoms. The zero-order valence-corrected chi connectivity index (χ0v) is 13.9. The summed E-state index contributed by atoms with van der Waals surface area (Å²) < 4.78 is 4.45. The first kappa shape index (κ1) is 15.8. The Morgan fingerprint density at radius 2 is 2.19 bits per heavy atom. The molecule has 0 saturated carbocycles. The molecule has 2 heterocycles. The van der Waals surface area contributed by atoms with Gasteiger partial charge in [0.25, 0.3) is 0 Å². The second kappa shape index (κ2) is 6.46. The Bertz CT molecular complexity index is 563. The van der Waals surface area contributed by atoms with Crippen molar-refractivity contribution in [3.8, 4) is 12.3 Å². The number of hydrogen-bond acceptors (Lipinski definition) is 4. The molecule has 1 fully saturated rings. The van der Waals surface area contributed by atoms with E-state index < -0.39 is 0 Å². The van der Waals surface area contributed by atoms with Gasteiger partial charge in [-0.3, -0.25) is 9.80 Å². The Morgan fingerprint density at radius 1 is 1.48 bits per heavy atom. The summed E-state index contributed by atoms with van der Waals surface area (Å²) in [6, 6.07) is 0.264. The molecule has 0 aliphatic carbocycles. The summed E-state index contributed by atoms with van der Waals surface area (Å²) in [5.41, 5.74) is 2.18. The maximum absolute atomic E-state index is 12.5. The van der Waals surface area contributed by atoms with Crippen LogP contribution in [0.1, 0.15) is 31.5 Å². The van der Waals surface area contributed by atoms with Crippen LogP contribution in [0.4, 0.5) is 9.80 Å². The van der Waals surface area contributed by atoms with Crippen molar-refractivity contribution in [1.29, 1.82) is 0 Å². The number of aryl methyl sites for hydroxylation is 1. The zero-order valence-electron chi connectivity index (χ0n) is 13.1. The van der Waals surface area contributed by atoms with Gasteiger partial charge in [-0.15, -0.1) is 12.3 Å². The molecule has 0 N–H and O–H groups in total. The third kappa shape index (κ3) is 3.04. The molecule has 0 spiro atoms. The fraction of sp³-hybridized carbons (Fsp3) is 0.600. The van der Waals surface area contributed by atoms with Crippen LogP contribution in [0.25, 0.3) is 0 Å². The molecule has 1 saturated heterocycles. The molecule has 2 amide bonds. The lowest BCUT2D eigenvalue weighted by Gasteiger charge is -2.42. The van der Waals surface area contributed by atoms with E-state index in [1.54, 1.807) is 4.90 Å². The molecule has 1 aromatic rings. The number of urea groups is 1. The summed E-state index contributed by atoms with van der Waals surface area (Å²) in [7, 11) is 1.82. The topological polar surface area (TPSA) is 39.7 Å². The van der Waals surface area contributed by atoms with Crippen LogP contribution in [-0.2, 0) is 6.42 Å². The Balaban J connectivity index is 2.26. The van der Waals surface area contributed by atoms with Crippen LogP contribution in [0.5, 0.6) is 0 Å². The lowest BCUT2D eigenvalue weighted by atomic mass is 10.2. The third-order valence-electron chi connectivity index (χ3n) is 3.89. The first-order valence-electron chi connectivity index (χ1n) is 7.14. The highest BCUT2D eigenvalue weighted by atomic mass is 32.1. The van der Waals surface area contributed by atoms with Crippen LogP contribution < -0.4 is 4.90 Å². The standard InChI is InChI=1S/C15H22N4OS/c1-6-8-11(3)18-9-17(5)15(20)19(10-18)14-12(4)13(7-2)16-21-14/h1,11H,7-10H2,2-5H3. The van der Waals surface area contributed by atoms with E-state index in [1.165, 1.54) is 11.5 Å². The minimum absolute atomic E-state index is 0.0218. The van der Waals surface area contributed by atoms with Crippen LogP contribution in [-0.4, -0.2) is 46.6 Å². The fourth-order valence-electron chi connectivity index (χ4n) is 2.50. The van der Waals surface area contributed by atoms with Gasteiger partial charge >= 0.3 is 6.03 Å². The van der Waals surface area contributed by atoms with Crippen molar-refractivity contribution in [3.05, 3.63) is 11.3 Å². The number of rotatable bonds is 4. The molecule has 1 aliphatic rings. The number of carbonyl (C=O) groups excluding carboxylic acids is 1. The van der Waals surface area contributed by atoms with Crippen molar-refractivity contribution in [2.24, 2.45) is 0 Å². The molecule has 0 aromatic carbocycles. The number of terminal acetylenes is 1. The van der Waals surface area contributed by atoms with Gasteiger partial charge in [0.1, 0.15) is 5.00 Å². The van der Waals surface area contributed by atoms with Gasteiger partial charge in [0.05, 0.1) is 19.0 Å². The van der Waals surface area contributed by atoms with E-state index >= 15 is 0 Å². The number of nitrogens with zero attached hydrogens (tertiary/aromatic N) is 4. The van der Waals surface area contributed by atoms with Crippen LogP contribution in [0.2, 0.25) is 0 Å². The molecule has 5 nitrogen and oxygen atoms in total. The fourth-order valence-corrected chi connectivity index (χ4v) is 3.45. The summed E-state index contributed by atoms with van der Waals surface area (Å²) >= 11 is 1.40. The van der Waals surface area contributed by atoms with Gasteiger partial charge < -0.3 is 4.90 Å². The lowest BCUT2D eigenvalue weighted by molar-refractivity contribution is 0.104. The van der Waals surface area contributed by atoms with E-state index in [0.717, 1.165) is 22.7 Å². The molecule has 2 rings (SSSR count). The van der Waals surface area contributed by atoms with E-state index in [2.05, 4.69) is 29.0 Å². The van der Waals surface area contributed by atoms with E-state index in [9.17, 15) is 4.79 Å². The first-order chi connectivity index (χ1) is 9.99. The highest BCUT2D eigenvalue weighted by Gasteiger charge is 2.33. The molecule has 1 atom stereocenters. The van der Waals surface area contributed by atoms with E-state index in [4.69, 9.17) is 6.42 Å². The van der Waals surface area contributed by atoms with Crippen molar-refractivity contribution in [3.63, 3.8) is 0 Å². The molecule has 1 aromatic heterocycles. The van der Waals surface area contributed by atoms with Crippen molar-refractivity contribution < 1.29 is 4.79 Å². The molecular formula is C15H22N4OS. The molecule has 0 radical (unpaired) electrons. The number of hydrogen-bond donors (Lipinski definition) is 0. The van der Waals surface area contributed by atoms with Gasteiger partial charge in [0, 0.05) is 25.1 Å². The van der Waals surface area contributed by atoms with E-state index in [1.807, 2.05) is 18.9 Å². The monoisotopic (exact) mass is 306 g/mol. The number of carbonyl (C=O) groups is 1. The summed E-state index contributed by atoms with van der Waals surface area (Å²) in [5, 5.41) is 0.946. The van der Waals surface area contributed by atoms with Gasteiger partial charge in [-0.2, -0.15) is 4.37 Å². The van der Waals surface area contributed by atoms with E-state index in [0.29, 0.717) is 19.8 Å². The Morgan fingerprint density at radius 3 is 2.76 bits per heavy atom. The predicted octanol–water partition coefficient (Wildman–Crippen LogP) is 2.51. The minimum atomic E-state index is 0.0218. The highest BCUT2D eigenvalue weighted by Crippen LogP contribution is 2.31. The highest BCUT2D eigenvalue weighted by molar-refractivity contribution is 7.10. The normalized spacial score (nSPS) is 18.0. The third-order valence-corrected chi connectivity index (χ3v) is 4.90. The largest absolute Gasteiger partial charge is 0.327 e. The molecule has 21 heavy (non-hydrogen) atoms. The van der Waals surface area contributed by atoms with Gasteiger partial charge in [0.15, 0.2) is 0 Å². The van der Waals surface area contributed by atoms with Gasteiger partial charge in [-0.1, -0.05) is 6.92 Å². The Kier molecular flexibility index (Phi) is 4.86. The molecule has 1 aliphatic heterocycles. The lowest BCUT2D eigenvalue weighted by Crippen LogP contribution is -2.59. The van der Waals surface area contributed by atoms with Gasteiger partial charge in [-0.25, -0.2) is 4.79 Å². The smallest absolute Gasteiger partial charge is 0.314 e. The summed E-state index contributed by atoms with van der Waals surface area (Å²) in [4.78, 5) is 18.2. The zero-order chi connectivity index (χ0) is 15.6. The minimum Gasteiger partial charge on any atom is -0.314 e. The average Bonchev–Trinajstić information content (AvgIpc) is 2.83. The molecule has 1 unspecified atom stereocenters. The summed E-state index contributed by atoms with van der Waals surface area (Å²) in [6.45, 7) is 7.39. The predicted molar refractivity (Wildman–Crippen MR) is 86.4 cm³/mol. The number of aromatic nitrogens is 1. The van der Waals surface area contributed by atoms with Crippen molar-refractivity contribution in [1.82, 2.24) is 14.2 Å². The Hall–Kier alpha value is -1.58. The second-order valence-corrected chi connectivity index (χ2v) is 6.20. The van der Waals surface area contributed by atoms with Crippen LogP contribution >= 0.6 is 11.5 Å². The average molecular weight is 306 g/mol. The van der Waals surface area contributed by atoms with Crippen molar-refractivity contribution in [2.75, 3.05) is 25.3 Å². The Labute approximate surface area is 130 Å². The number of anilines is 1.